The van der Waals surface area contributed by atoms with Crippen LogP contribution < -0.4 is 10.1 Å². The molecule has 56 heavy (non-hydrogen) atoms. The number of carbonyl (C=O) groups is 3. The Hall–Kier alpha value is -4.67. The summed E-state index contributed by atoms with van der Waals surface area (Å²) in [5, 5.41) is 69.7. The number of Topliss-reactive ketones (excluding diaryl/α,β-unsaturated/α-hetero) is 1. The number of phenolic OH excluding ortho intramolecular Hbond substituents is 3. The Kier molecular flexibility index (Phi) is 13.9. The number of nitrogens with one attached hydrogen (secondary N) is 1. The zero-order chi connectivity index (χ0) is 42.0. The average Bonchev–Trinajstić information content (AvgIpc) is 3.41. The van der Waals surface area contributed by atoms with Gasteiger partial charge in [0.15, 0.2) is 5.75 Å². The molecule has 3 aliphatic rings. The summed E-state index contributed by atoms with van der Waals surface area (Å²) in [5.74, 6) is -8.34. The topological polar surface area (TPSA) is 225 Å². The number of carbonyl (C=O) groups excluding carboxylic acids is 3. The van der Waals surface area contributed by atoms with E-state index < -0.39 is 88.8 Å². The molecule has 5 bridgehead atoms. The molecule has 0 saturated heterocycles. The van der Waals surface area contributed by atoms with E-state index in [9.17, 15) is 45.0 Å². The third-order valence-electron chi connectivity index (χ3n) is 11.0. The van der Waals surface area contributed by atoms with E-state index in [4.69, 9.17) is 18.9 Å². The zero-order valence-corrected chi connectivity index (χ0v) is 33.6. The summed E-state index contributed by atoms with van der Waals surface area (Å²) in [5.41, 5.74) is -0.211. The van der Waals surface area contributed by atoms with Crippen LogP contribution in [0.1, 0.15) is 70.0 Å². The number of anilines is 1. The van der Waals surface area contributed by atoms with Gasteiger partial charge in [0.05, 0.1) is 47.8 Å². The number of aliphatic hydroxyl groups excluding tert-OH is 3. The molecule has 0 fully saturated rings. The first kappa shape index (κ1) is 44.0. The van der Waals surface area contributed by atoms with Crippen molar-refractivity contribution in [2.24, 2.45) is 23.7 Å². The predicted octanol–water partition coefficient (Wildman–Crippen LogP) is 4.18. The number of esters is 1. The molecule has 0 spiro atoms. The van der Waals surface area contributed by atoms with E-state index in [1.54, 1.807) is 51.8 Å². The molecule has 3 aliphatic heterocycles. The van der Waals surface area contributed by atoms with Gasteiger partial charge in [-0.05, 0) is 27.0 Å². The molecule has 9 atom stereocenters. The van der Waals surface area contributed by atoms with Gasteiger partial charge in [0.1, 0.15) is 23.4 Å². The van der Waals surface area contributed by atoms with Gasteiger partial charge in [0, 0.05) is 79.8 Å². The van der Waals surface area contributed by atoms with Crippen LogP contribution in [0.25, 0.3) is 10.8 Å². The van der Waals surface area contributed by atoms with Crippen LogP contribution in [-0.4, -0.2) is 111 Å². The minimum atomic E-state index is -2.04. The van der Waals surface area contributed by atoms with E-state index >= 15 is 0 Å². The molecule has 2 aromatic rings. The number of fused-ring (bicyclic) bond motifs is 14. The van der Waals surface area contributed by atoms with Crippen molar-refractivity contribution in [3.63, 3.8) is 0 Å². The van der Waals surface area contributed by atoms with Crippen LogP contribution in [0.3, 0.4) is 0 Å². The van der Waals surface area contributed by atoms with Crippen LogP contribution in [0, 0.1) is 30.6 Å². The Labute approximate surface area is 326 Å². The second-order valence-corrected chi connectivity index (χ2v) is 15.1. The van der Waals surface area contributed by atoms with Crippen molar-refractivity contribution in [1.29, 1.82) is 0 Å². The first-order valence-electron chi connectivity index (χ1n) is 18.6. The first-order chi connectivity index (χ1) is 26.2. The molecule has 15 nitrogen and oxygen atoms in total. The minimum absolute atomic E-state index is 0.0115. The Morgan fingerprint density at radius 2 is 1.62 bits per heavy atom. The number of benzene rings is 2. The van der Waals surface area contributed by atoms with Gasteiger partial charge in [-0.3, -0.25) is 19.3 Å². The van der Waals surface area contributed by atoms with Gasteiger partial charge in [0.2, 0.25) is 0 Å². The predicted molar refractivity (Wildman–Crippen MR) is 207 cm³/mol. The number of methoxy groups -OCH3 is 1. The Bertz CT molecular complexity index is 1920. The molecule has 0 saturated carbocycles. The SMILES string of the molecule is CO[C@H]1/C=C/O[C@@]2(C)Oc3c(C)c(O)c4c(O)c(c(CN(C)CCO)c(O)c4c3C2=O)NC(=O)/C(C)=C\C=C\[C@H](C)[C@H](O)[C@@H](C)[C@@H](O)[C@H](C)[C@H](OC(C)=O)[C@H]1C. The molecule has 2 aromatic carbocycles. The van der Waals surface area contributed by atoms with Crippen LogP contribution in [0.5, 0.6) is 23.0 Å². The van der Waals surface area contributed by atoms with Gasteiger partial charge in [-0.15, -0.1) is 0 Å². The maximum atomic E-state index is 14.3. The highest BCUT2D eigenvalue weighted by atomic mass is 16.7. The van der Waals surface area contributed by atoms with Gasteiger partial charge >= 0.3 is 11.8 Å². The molecular weight excluding hydrogens is 728 g/mol. The van der Waals surface area contributed by atoms with Gasteiger partial charge in [-0.2, -0.15) is 0 Å². The monoisotopic (exact) mass is 784 g/mol. The van der Waals surface area contributed by atoms with Crippen LogP contribution in [0.2, 0.25) is 0 Å². The molecule has 15 heteroatoms. The highest BCUT2D eigenvalue weighted by Crippen LogP contribution is 2.55. The van der Waals surface area contributed by atoms with E-state index in [0.29, 0.717) is 0 Å². The van der Waals surface area contributed by atoms with Crippen molar-refractivity contribution in [2.45, 2.75) is 92.1 Å². The number of allylic oxidation sites excluding steroid dienone is 2. The number of hydrogen-bond acceptors (Lipinski definition) is 14. The Balaban J connectivity index is 1.97. The van der Waals surface area contributed by atoms with E-state index in [1.807, 2.05) is 0 Å². The number of rotatable bonds is 6. The molecule has 0 unspecified atom stereocenters. The number of ether oxygens (including phenoxy) is 4. The van der Waals surface area contributed by atoms with E-state index in [0.717, 1.165) is 0 Å². The third kappa shape index (κ3) is 8.51. The second kappa shape index (κ2) is 17.6. The van der Waals surface area contributed by atoms with Gasteiger partial charge < -0.3 is 54.9 Å². The molecule has 1 amide bonds. The fourth-order valence-electron chi connectivity index (χ4n) is 7.46. The molecule has 5 rings (SSSR count). The second-order valence-electron chi connectivity index (χ2n) is 15.1. The van der Waals surface area contributed by atoms with Crippen molar-refractivity contribution in [1.82, 2.24) is 4.90 Å². The molecule has 0 aromatic heterocycles. The molecule has 0 aliphatic carbocycles. The summed E-state index contributed by atoms with van der Waals surface area (Å²) >= 11 is 0. The van der Waals surface area contributed by atoms with Crippen LogP contribution in [0.15, 0.2) is 36.1 Å². The standard InChI is InChI=1S/C41H56N2O13/c1-19-12-11-13-20(2)40(52)42-31-26(18-43(9)15-16-44)35(49)28-29(36(31)50)34(48)24(6)38-30(28)39(51)41(8,56-38)54-17-14-27(53-10)21(3)37(55-25(7)45)23(5)33(47)22(4)32(19)46/h11-14,17,19,21-23,27,32-33,37,44,46-50H,15-16,18H2,1-10H3,(H,42,52)/b12-11+,17-14+,20-13-/t19-,21-,22+,23-,27-,32-,33+,37+,41-/m0/s1. The van der Waals surface area contributed by atoms with Crippen LogP contribution in [0.4, 0.5) is 5.69 Å². The Morgan fingerprint density at radius 1 is 0.964 bits per heavy atom. The fourth-order valence-corrected chi connectivity index (χ4v) is 7.46. The smallest absolute Gasteiger partial charge is 0.312 e. The molecular formula is C41H56N2O13. The zero-order valence-electron chi connectivity index (χ0n) is 33.6. The number of likely N-dealkylation sites (N-methyl/N-ethyl adjacent to an activating group) is 1. The number of aromatic hydroxyl groups is 3. The summed E-state index contributed by atoms with van der Waals surface area (Å²) < 4.78 is 23.5. The van der Waals surface area contributed by atoms with Gasteiger partial charge in [0.25, 0.3) is 11.7 Å². The molecule has 308 valence electrons. The maximum absolute atomic E-state index is 14.3. The number of aliphatic hydroxyl groups is 3. The minimum Gasteiger partial charge on any atom is -0.507 e. The number of hydrogen-bond donors (Lipinski definition) is 7. The lowest BCUT2D eigenvalue weighted by atomic mass is 9.78. The van der Waals surface area contributed by atoms with Gasteiger partial charge in [-0.1, -0.05) is 45.9 Å². The fraction of sp³-hybridized carbons (Fsp3) is 0.537. The molecule has 3 heterocycles. The van der Waals surface area contributed by atoms with Crippen molar-refractivity contribution in [3.05, 3.63) is 52.8 Å². The summed E-state index contributed by atoms with van der Waals surface area (Å²) in [6, 6.07) is 0. The van der Waals surface area contributed by atoms with Crippen molar-refractivity contribution >= 4 is 34.1 Å². The van der Waals surface area contributed by atoms with Crippen LogP contribution >= 0.6 is 0 Å². The van der Waals surface area contributed by atoms with Gasteiger partial charge in [-0.25, -0.2) is 0 Å². The lowest BCUT2D eigenvalue weighted by Gasteiger charge is -2.38. The van der Waals surface area contributed by atoms with E-state index in [1.165, 1.54) is 53.2 Å². The molecule has 7 N–H and O–H groups in total. The Morgan fingerprint density at radius 3 is 2.23 bits per heavy atom. The third-order valence-corrected chi connectivity index (χ3v) is 11.0. The molecule has 0 radical (unpaired) electrons. The van der Waals surface area contributed by atoms with E-state index in [2.05, 4.69) is 5.32 Å². The largest absolute Gasteiger partial charge is 0.507 e. The number of amides is 1. The quantitative estimate of drug-likeness (QED) is 0.124. The first-order valence-corrected chi connectivity index (χ1v) is 18.6. The lowest BCUT2D eigenvalue weighted by Crippen LogP contribution is -2.46. The van der Waals surface area contributed by atoms with Crippen molar-refractivity contribution in [3.8, 4) is 23.0 Å². The summed E-state index contributed by atoms with van der Waals surface area (Å²) in [6.45, 7) is 12.2. The number of nitrogens with zero attached hydrogens (tertiary/aromatic N) is 1. The normalized spacial score (nSPS) is 31.1. The summed E-state index contributed by atoms with van der Waals surface area (Å²) in [7, 11) is 3.07. The van der Waals surface area contributed by atoms with Crippen LogP contribution in [-0.2, 0) is 30.3 Å². The summed E-state index contributed by atoms with van der Waals surface area (Å²) in [6.07, 6.45) is 3.50. The maximum Gasteiger partial charge on any atom is 0.312 e. The summed E-state index contributed by atoms with van der Waals surface area (Å²) in [4.78, 5) is 41.8. The number of phenols is 3. The van der Waals surface area contributed by atoms with Crippen molar-refractivity contribution < 1.29 is 64.0 Å². The average molecular weight is 785 g/mol. The number of ketones is 1. The highest BCUT2D eigenvalue weighted by molar-refractivity contribution is 6.22. The van der Waals surface area contributed by atoms with Crippen molar-refractivity contribution in [2.75, 3.05) is 32.6 Å². The van der Waals surface area contributed by atoms with E-state index in [-0.39, 0.29) is 64.2 Å². The highest BCUT2D eigenvalue weighted by Gasteiger charge is 2.50. The lowest BCUT2D eigenvalue weighted by molar-refractivity contribution is -0.160.